The minimum atomic E-state index is -0.281. The van der Waals surface area contributed by atoms with Crippen molar-refractivity contribution in [3.63, 3.8) is 0 Å². The van der Waals surface area contributed by atoms with Gasteiger partial charge in [0.1, 0.15) is 5.82 Å². The number of aryl methyl sites for hydroxylation is 2. The molecule has 1 nitrogen and oxygen atoms in total. The predicted octanol–water partition coefficient (Wildman–Crippen LogP) is 3.45. The van der Waals surface area contributed by atoms with Gasteiger partial charge in [-0.2, -0.15) is 0 Å². The molecule has 0 radical (unpaired) electrons. The van der Waals surface area contributed by atoms with E-state index in [0.717, 1.165) is 24.0 Å². The molecule has 0 aromatic heterocycles. The van der Waals surface area contributed by atoms with Gasteiger partial charge in [0.25, 0.3) is 0 Å². The Kier molecular flexibility index (Phi) is 3.93. The van der Waals surface area contributed by atoms with E-state index in [0.29, 0.717) is 0 Å². The summed E-state index contributed by atoms with van der Waals surface area (Å²) in [6.07, 6.45) is 4.46. The molecule has 0 aliphatic carbocycles. The highest BCUT2D eigenvalue weighted by Crippen LogP contribution is 2.19. The van der Waals surface area contributed by atoms with Crippen LogP contribution >= 0.6 is 0 Å². The summed E-state index contributed by atoms with van der Waals surface area (Å²) in [5, 5.41) is 0. The topological polar surface area (TPSA) is 26.0 Å². The Hall–Kier alpha value is -1.05. The molecule has 1 aromatic rings. The molecule has 0 amide bonds. The number of nitrogens with two attached hydrogens (primary N) is 1. The maximum absolute atomic E-state index is 13.2. The van der Waals surface area contributed by atoms with Gasteiger partial charge in [-0.15, -0.1) is 0 Å². The Morgan fingerprint density at radius 1 is 1.29 bits per heavy atom. The number of benzene rings is 1. The summed E-state index contributed by atoms with van der Waals surface area (Å²) in [5.41, 5.74) is 7.71. The summed E-state index contributed by atoms with van der Waals surface area (Å²) in [6, 6.07) is 3.53. The van der Waals surface area contributed by atoms with Crippen LogP contribution in [0.3, 0.4) is 0 Å². The maximum Gasteiger partial charge on any atom is 0.146 e. The second-order valence-electron chi connectivity index (χ2n) is 3.77. The van der Waals surface area contributed by atoms with Gasteiger partial charge in [0, 0.05) is 0 Å². The number of unbranched alkanes of at least 4 members (excludes halogenated alkanes) is 2. The van der Waals surface area contributed by atoms with Gasteiger partial charge in [-0.3, -0.25) is 0 Å². The molecule has 2 N–H and O–H groups in total. The van der Waals surface area contributed by atoms with Crippen LogP contribution in [-0.2, 0) is 6.42 Å². The Morgan fingerprint density at radius 2 is 2.00 bits per heavy atom. The number of halogens is 1. The van der Waals surface area contributed by atoms with Crippen molar-refractivity contribution in [2.24, 2.45) is 0 Å². The van der Waals surface area contributed by atoms with E-state index in [9.17, 15) is 4.39 Å². The summed E-state index contributed by atoms with van der Waals surface area (Å²) in [5.74, 6) is -0.281. The summed E-state index contributed by atoms with van der Waals surface area (Å²) in [7, 11) is 0. The highest BCUT2D eigenvalue weighted by Gasteiger charge is 2.03. The molecule has 0 atom stereocenters. The molecule has 0 bridgehead atoms. The number of nitrogen functional groups attached to an aromatic ring is 1. The molecule has 0 unspecified atom stereocenters. The first kappa shape index (κ1) is 11.0. The SMILES string of the molecule is CCCCCc1cc(C)c(N)c(F)c1. The van der Waals surface area contributed by atoms with Gasteiger partial charge in [-0.25, -0.2) is 4.39 Å². The lowest BCUT2D eigenvalue weighted by Gasteiger charge is -2.06. The Bertz CT molecular complexity index is 284. The van der Waals surface area contributed by atoms with Crippen molar-refractivity contribution in [3.8, 4) is 0 Å². The van der Waals surface area contributed by atoms with Crippen LogP contribution in [0, 0.1) is 12.7 Å². The molecule has 0 aliphatic rings. The van der Waals surface area contributed by atoms with Gasteiger partial charge in [0.2, 0.25) is 0 Å². The van der Waals surface area contributed by atoms with Crippen LogP contribution in [0.5, 0.6) is 0 Å². The first-order valence-electron chi connectivity index (χ1n) is 5.19. The molecule has 0 fully saturated rings. The van der Waals surface area contributed by atoms with E-state index in [-0.39, 0.29) is 11.5 Å². The maximum atomic E-state index is 13.2. The fourth-order valence-electron chi connectivity index (χ4n) is 1.55. The van der Waals surface area contributed by atoms with Gasteiger partial charge in [0.05, 0.1) is 5.69 Å². The normalized spacial score (nSPS) is 10.5. The molecular formula is C12H18FN. The first-order chi connectivity index (χ1) is 6.65. The molecule has 1 rings (SSSR count). The van der Waals surface area contributed by atoms with E-state index in [1.54, 1.807) is 6.07 Å². The molecule has 78 valence electrons. The number of rotatable bonds is 4. The summed E-state index contributed by atoms with van der Waals surface area (Å²) < 4.78 is 13.2. The third-order valence-corrected chi connectivity index (χ3v) is 2.47. The monoisotopic (exact) mass is 195 g/mol. The third kappa shape index (κ3) is 2.72. The van der Waals surface area contributed by atoms with Gasteiger partial charge in [-0.1, -0.05) is 25.8 Å². The van der Waals surface area contributed by atoms with E-state index < -0.39 is 0 Å². The largest absolute Gasteiger partial charge is 0.396 e. The fourth-order valence-corrected chi connectivity index (χ4v) is 1.55. The van der Waals surface area contributed by atoms with Crippen LogP contribution in [0.2, 0.25) is 0 Å². The zero-order valence-corrected chi connectivity index (χ0v) is 8.94. The Balaban J connectivity index is 2.69. The summed E-state index contributed by atoms with van der Waals surface area (Å²) in [4.78, 5) is 0. The van der Waals surface area contributed by atoms with Crippen molar-refractivity contribution in [2.45, 2.75) is 39.5 Å². The van der Waals surface area contributed by atoms with E-state index in [2.05, 4.69) is 6.92 Å². The van der Waals surface area contributed by atoms with Crippen molar-refractivity contribution in [2.75, 3.05) is 5.73 Å². The summed E-state index contributed by atoms with van der Waals surface area (Å²) >= 11 is 0. The highest BCUT2D eigenvalue weighted by atomic mass is 19.1. The minimum Gasteiger partial charge on any atom is -0.396 e. The van der Waals surface area contributed by atoms with Crippen molar-refractivity contribution < 1.29 is 4.39 Å². The number of hydrogen-bond donors (Lipinski definition) is 1. The second kappa shape index (κ2) is 4.99. The quantitative estimate of drug-likeness (QED) is 0.578. The molecule has 0 heterocycles. The van der Waals surface area contributed by atoms with Gasteiger partial charge < -0.3 is 5.73 Å². The zero-order valence-electron chi connectivity index (χ0n) is 8.94. The third-order valence-electron chi connectivity index (χ3n) is 2.47. The van der Waals surface area contributed by atoms with Crippen LogP contribution in [-0.4, -0.2) is 0 Å². The predicted molar refractivity (Wildman–Crippen MR) is 58.8 cm³/mol. The average Bonchev–Trinajstić information content (AvgIpc) is 2.14. The lowest BCUT2D eigenvalue weighted by molar-refractivity contribution is 0.626. The van der Waals surface area contributed by atoms with Gasteiger partial charge in [-0.05, 0) is 37.0 Å². The minimum absolute atomic E-state index is 0.281. The van der Waals surface area contributed by atoms with E-state index in [1.165, 1.54) is 12.8 Å². The lowest BCUT2D eigenvalue weighted by Crippen LogP contribution is -1.97. The Morgan fingerprint density at radius 3 is 2.57 bits per heavy atom. The number of hydrogen-bond acceptors (Lipinski definition) is 1. The molecule has 0 saturated carbocycles. The molecule has 2 heteroatoms. The van der Waals surface area contributed by atoms with E-state index in [1.807, 2.05) is 13.0 Å². The molecule has 0 spiro atoms. The van der Waals surface area contributed by atoms with Crippen molar-refractivity contribution >= 4 is 5.69 Å². The second-order valence-corrected chi connectivity index (χ2v) is 3.77. The molecule has 14 heavy (non-hydrogen) atoms. The highest BCUT2D eigenvalue weighted by molar-refractivity contribution is 5.49. The van der Waals surface area contributed by atoms with Crippen molar-refractivity contribution in [1.82, 2.24) is 0 Å². The van der Waals surface area contributed by atoms with Crippen LogP contribution in [0.1, 0.15) is 37.3 Å². The zero-order chi connectivity index (χ0) is 10.6. The Labute approximate surface area is 85.1 Å². The van der Waals surface area contributed by atoms with Gasteiger partial charge in [0.15, 0.2) is 0 Å². The van der Waals surface area contributed by atoms with Crippen LogP contribution < -0.4 is 5.73 Å². The van der Waals surface area contributed by atoms with Crippen molar-refractivity contribution in [1.29, 1.82) is 0 Å². The van der Waals surface area contributed by atoms with E-state index in [4.69, 9.17) is 5.73 Å². The van der Waals surface area contributed by atoms with Crippen LogP contribution in [0.25, 0.3) is 0 Å². The fraction of sp³-hybridized carbons (Fsp3) is 0.500. The van der Waals surface area contributed by atoms with Crippen LogP contribution in [0.15, 0.2) is 12.1 Å². The summed E-state index contributed by atoms with van der Waals surface area (Å²) in [6.45, 7) is 4.01. The molecule has 0 aliphatic heterocycles. The van der Waals surface area contributed by atoms with Gasteiger partial charge >= 0.3 is 0 Å². The number of anilines is 1. The molecule has 0 saturated heterocycles. The average molecular weight is 195 g/mol. The van der Waals surface area contributed by atoms with E-state index >= 15 is 0 Å². The molecular weight excluding hydrogens is 177 g/mol. The molecule has 1 aromatic carbocycles. The standard InChI is InChI=1S/C12H18FN/c1-3-4-5-6-10-7-9(2)12(14)11(13)8-10/h7-8H,3-6,14H2,1-2H3. The smallest absolute Gasteiger partial charge is 0.146 e. The first-order valence-corrected chi connectivity index (χ1v) is 5.19. The van der Waals surface area contributed by atoms with Crippen molar-refractivity contribution in [3.05, 3.63) is 29.1 Å². The van der Waals surface area contributed by atoms with Crippen LogP contribution in [0.4, 0.5) is 10.1 Å². The lowest BCUT2D eigenvalue weighted by atomic mass is 10.0.